The van der Waals surface area contributed by atoms with Gasteiger partial charge >= 0.3 is 0 Å². The molecule has 1 N–H and O–H groups in total. The van der Waals surface area contributed by atoms with Gasteiger partial charge in [0, 0.05) is 30.2 Å². The molecule has 2 aromatic heterocycles. The molecular weight excluding hydrogens is 307 g/mol. The molecule has 0 amide bonds. The topological polar surface area (TPSA) is 44.8 Å². The van der Waals surface area contributed by atoms with E-state index >= 15 is 0 Å². The van der Waals surface area contributed by atoms with Crippen molar-refractivity contribution in [2.45, 2.75) is 6.42 Å². The van der Waals surface area contributed by atoms with E-state index in [4.69, 9.17) is 28.2 Å². The van der Waals surface area contributed by atoms with Gasteiger partial charge in [0.15, 0.2) is 0 Å². The highest BCUT2D eigenvalue weighted by molar-refractivity contribution is 6.45. The summed E-state index contributed by atoms with van der Waals surface area (Å²) in [6.45, 7) is 2.06. The van der Waals surface area contributed by atoms with Crippen molar-refractivity contribution in [1.82, 2.24) is 15.2 Å². The SMILES string of the molecule is Clc1ccc2c(-c3cn[nH]c3)cc(N3CCC3)nc2c1Cl. The number of hydrogen-bond acceptors (Lipinski definition) is 3. The molecule has 6 heteroatoms. The molecule has 1 aliphatic heterocycles. The van der Waals surface area contributed by atoms with Crippen LogP contribution in [-0.2, 0) is 0 Å². The highest BCUT2D eigenvalue weighted by atomic mass is 35.5. The van der Waals surface area contributed by atoms with Crippen molar-refractivity contribution in [2.75, 3.05) is 18.0 Å². The van der Waals surface area contributed by atoms with Gasteiger partial charge in [-0.15, -0.1) is 0 Å². The Morgan fingerprint density at radius 1 is 1.19 bits per heavy atom. The van der Waals surface area contributed by atoms with E-state index in [0.29, 0.717) is 10.0 Å². The van der Waals surface area contributed by atoms with Crippen molar-refractivity contribution < 1.29 is 0 Å². The number of benzene rings is 1. The minimum atomic E-state index is 0.501. The molecule has 0 atom stereocenters. The second-order valence-electron chi connectivity index (χ2n) is 5.11. The molecule has 3 heterocycles. The fourth-order valence-electron chi connectivity index (χ4n) is 2.56. The largest absolute Gasteiger partial charge is 0.356 e. The molecule has 0 bridgehead atoms. The maximum absolute atomic E-state index is 6.36. The van der Waals surface area contributed by atoms with Gasteiger partial charge in [0.05, 0.1) is 21.8 Å². The van der Waals surface area contributed by atoms with Crippen molar-refractivity contribution in [2.24, 2.45) is 0 Å². The molecular formula is C15H12Cl2N4. The smallest absolute Gasteiger partial charge is 0.129 e. The summed E-state index contributed by atoms with van der Waals surface area (Å²) in [6, 6.07) is 5.86. The van der Waals surface area contributed by atoms with Crippen LogP contribution in [0.25, 0.3) is 22.0 Å². The lowest BCUT2D eigenvalue weighted by atomic mass is 10.0. The molecule has 0 spiro atoms. The van der Waals surface area contributed by atoms with Crippen LogP contribution in [0.5, 0.6) is 0 Å². The Kier molecular flexibility index (Phi) is 3.01. The Labute approximate surface area is 131 Å². The van der Waals surface area contributed by atoms with E-state index in [1.807, 2.05) is 12.3 Å². The number of pyridine rings is 1. The number of aromatic amines is 1. The second-order valence-corrected chi connectivity index (χ2v) is 5.90. The van der Waals surface area contributed by atoms with E-state index in [9.17, 15) is 0 Å². The fourth-order valence-corrected chi connectivity index (χ4v) is 2.92. The highest BCUT2D eigenvalue weighted by Gasteiger charge is 2.20. The lowest BCUT2D eigenvalue weighted by molar-refractivity contribution is 0.611. The van der Waals surface area contributed by atoms with Gasteiger partial charge in [-0.05, 0) is 24.1 Å². The molecule has 4 nitrogen and oxygen atoms in total. The Hall–Kier alpha value is -1.78. The summed E-state index contributed by atoms with van der Waals surface area (Å²) in [7, 11) is 0. The number of fused-ring (bicyclic) bond motifs is 1. The van der Waals surface area contributed by atoms with Crippen LogP contribution < -0.4 is 4.90 Å². The zero-order chi connectivity index (χ0) is 14.4. The zero-order valence-electron chi connectivity index (χ0n) is 11.1. The lowest BCUT2D eigenvalue weighted by Gasteiger charge is -2.32. The van der Waals surface area contributed by atoms with Gasteiger partial charge in [0.2, 0.25) is 0 Å². The van der Waals surface area contributed by atoms with E-state index in [1.165, 1.54) is 6.42 Å². The summed E-state index contributed by atoms with van der Waals surface area (Å²) in [4.78, 5) is 6.94. The average Bonchev–Trinajstić information content (AvgIpc) is 2.94. The molecule has 1 aromatic carbocycles. The molecule has 106 valence electrons. The van der Waals surface area contributed by atoms with Crippen LogP contribution in [0.1, 0.15) is 6.42 Å². The van der Waals surface area contributed by atoms with Crippen LogP contribution in [0.4, 0.5) is 5.82 Å². The van der Waals surface area contributed by atoms with Crippen molar-refractivity contribution in [3.63, 3.8) is 0 Å². The van der Waals surface area contributed by atoms with Gasteiger partial charge in [-0.25, -0.2) is 4.98 Å². The maximum Gasteiger partial charge on any atom is 0.129 e. The van der Waals surface area contributed by atoms with E-state index < -0.39 is 0 Å². The number of nitrogens with one attached hydrogen (secondary N) is 1. The van der Waals surface area contributed by atoms with E-state index in [1.54, 1.807) is 12.3 Å². The average molecular weight is 319 g/mol. The second kappa shape index (κ2) is 4.90. The molecule has 21 heavy (non-hydrogen) atoms. The standard InChI is InChI=1S/C15H12Cl2N4/c16-12-3-2-10-11(9-7-18-19-8-9)6-13(21-4-1-5-21)20-15(10)14(12)17/h2-3,6-8H,1,4-5H2,(H,18,19). The van der Waals surface area contributed by atoms with E-state index in [-0.39, 0.29) is 0 Å². The predicted molar refractivity (Wildman–Crippen MR) is 86.2 cm³/mol. The Morgan fingerprint density at radius 3 is 2.71 bits per heavy atom. The molecule has 1 fully saturated rings. The van der Waals surface area contributed by atoms with Gasteiger partial charge in [-0.1, -0.05) is 29.3 Å². The number of H-pyrrole nitrogens is 1. The summed E-state index contributed by atoms with van der Waals surface area (Å²) in [6.07, 6.45) is 4.87. The third-order valence-electron chi connectivity index (χ3n) is 3.85. The van der Waals surface area contributed by atoms with Crippen LogP contribution in [0.3, 0.4) is 0 Å². The van der Waals surface area contributed by atoms with Gasteiger partial charge in [0.25, 0.3) is 0 Å². The quantitative estimate of drug-likeness (QED) is 0.772. The van der Waals surface area contributed by atoms with Crippen LogP contribution >= 0.6 is 23.2 Å². The first-order valence-corrected chi connectivity index (χ1v) is 7.52. The van der Waals surface area contributed by atoms with E-state index in [0.717, 1.165) is 40.9 Å². The number of rotatable bonds is 2. The summed E-state index contributed by atoms with van der Waals surface area (Å²) >= 11 is 12.5. The third-order valence-corrected chi connectivity index (χ3v) is 4.64. The first kappa shape index (κ1) is 12.9. The number of nitrogens with zero attached hydrogens (tertiary/aromatic N) is 3. The van der Waals surface area contributed by atoms with Gasteiger partial charge < -0.3 is 4.90 Å². The van der Waals surface area contributed by atoms with Crippen LogP contribution in [0.2, 0.25) is 10.0 Å². The lowest BCUT2D eigenvalue weighted by Crippen LogP contribution is -2.37. The summed E-state index contributed by atoms with van der Waals surface area (Å²) in [5, 5.41) is 8.89. The van der Waals surface area contributed by atoms with Gasteiger partial charge in [-0.2, -0.15) is 5.10 Å². The van der Waals surface area contributed by atoms with Crippen LogP contribution in [0.15, 0.2) is 30.6 Å². The minimum Gasteiger partial charge on any atom is -0.356 e. The summed E-state index contributed by atoms with van der Waals surface area (Å²) in [5.41, 5.74) is 2.82. The summed E-state index contributed by atoms with van der Waals surface area (Å²) < 4.78 is 0. The Morgan fingerprint density at radius 2 is 2.05 bits per heavy atom. The van der Waals surface area contributed by atoms with Crippen LogP contribution in [-0.4, -0.2) is 28.3 Å². The van der Waals surface area contributed by atoms with Crippen molar-refractivity contribution in [3.05, 3.63) is 40.6 Å². The monoisotopic (exact) mass is 318 g/mol. The van der Waals surface area contributed by atoms with Crippen molar-refractivity contribution in [1.29, 1.82) is 0 Å². The molecule has 0 saturated carbocycles. The van der Waals surface area contributed by atoms with Gasteiger partial charge in [-0.3, -0.25) is 5.10 Å². The molecule has 0 radical (unpaired) electrons. The first-order valence-electron chi connectivity index (χ1n) is 6.77. The third kappa shape index (κ3) is 2.06. The summed E-state index contributed by atoms with van der Waals surface area (Å²) in [5.74, 6) is 0.939. The molecule has 1 saturated heterocycles. The number of aromatic nitrogens is 3. The number of anilines is 1. The molecule has 0 unspecified atom stereocenters. The first-order chi connectivity index (χ1) is 10.2. The maximum atomic E-state index is 6.36. The van der Waals surface area contributed by atoms with Crippen LogP contribution in [0, 0.1) is 0 Å². The predicted octanol–water partition coefficient (Wildman–Crippen LogP) is 4.14. The van der Waals surface area contributed by atoms with Gasteiger partial charge in [0.1, 0.15) is 5.82 Å². The molecule has 3 aromatic rings. The van der Waals surface area contributed by atoms with Crippen molar-refractivity contribution in [3.8, 4) is 11.1 Å². The van der Waals surface area contributed by atoms with Crippen molar-refractivity contribution >= 4 is 39.9 Å². The normalized spacial score (nSPS) is 14.5. The molecule has 1 aliphatic rings. The Balaban J connectivity index is 2.03. The Bertz CT molecular complexity index is 810. The molecule has 0 aliphatic carbocycles. The minimum absolute atomic E-state index is 0.501. The number of hydrogen-bond donors (Lipinski definition) is 1. The molecule has 4 rings (SSSR count). The highest BCUT2D eigenvalue weighted by Crippen LogP contribution is 2.37. The van der Waals surface area contributed by atoms with E-state index in [2.05, 4.69) is 21.2 Å². The number of halogens is 2. The zero-order valence-corrected chi connectivity index (χ0v) is 12.6. The fraction of sp³-hybridized carbons (Fsp3) is 0.200.